The number of hydrogen-bond acceptors (Lipinski definition) is 4. The molecule has 0 bridgehead atoms. The first kappa shape index (κ1) is 24.2. The van der Waals surface area contributed by atoms with Gasteiger partial charge >= 0.3 is 12.1 Å². The van der Waals surface area contributed by atoms with Gasteiger partial charge in [0.2, 0.25) is 0 Å². The van der Waals surface area contributed by atoms with Crippen LogP contribution in [0.2, 0.25) is 15.1 Å². The second-order valence-electron chi connectivity index (χ2n) is 7.68. The summed E-state index contributed by atoms with van der Waals surface area (Å²) in [5, 5.41) is 10.2. The highest BCUT2D eigenvalue weighted by molar-refractivity contribution is 6.42. The minimum Gasteiger partial charge on any atom is -0.482 e. The van der Waals surface area contributed by atoms with Crippen molar-refractivity contribution in [2.24, 2.45) is 0 Å². The first-order valence-electron chi connectivity index (χ1n) is 10.4. The third-order valence-electron chi connectivity index (χ3n) is 5.52. The molecule has 3 aromatic rings. The number of aliphatic carboxylic acids is 1. The summed E-state index contributed by atoms with van der Waals surface area (Å²) < 4.78 is 11.2. The Balaban J connectivity index is 1.69. The monoisotopic (exact) mass is 519 g/mol. The maximum Gasteiger partial charge on any atom is 0.410 e. The average Bonchev–Trinajstić information content (AvgIpc) is 2.83. The largest absolute Gasteiger partial charge is 0.482 e. The molecule has 1 amide bonds. The van der Waals surface area contributed by atoms with Crippen LogP contribution in [0, 0.1) is 0 Å². The lowest BCUT2D eigenvalue weighted by molar-refractivity contribution is -0.139. The molecule has 9 heteroatoms. The van der Waals surface area contributed by atoms with E-state index in [9.17, 15) is 9.59 Å². The Morgan fingerprint density at radius 1 is 1.00 bits per heavy atom. The standard InChI is InChI=1S/C25H20Cl3NO5/c26-17-8-9-21(33-14-22(30)31)19(12-17)24-18-6-2-1-4-15(18)10-11-29(24)25(32)34-13-16-5-3-7-20(27)23(16)28/h1-9,12,24H,10-11,13-14H2,(H,30,31). The number of carbonyl (C=O) groups excluding carboxylic acids is 1. The summed E-state index contributed by atoms with van der Waals surface area (Å²) in [4.78, 5) is 26.0. The van der Waals surface area contributed by atoms with Gasteiger partial charge < -0.3 is 14.6 Å². The first-order chi connectivity index (χ1) is 16.3. The van der Waals surface area contributed by atoms with Gasteiger partial charge in [-0.1, -0.05) is 71.2 Å². The van der Waals surface area contributed by atoms with Gasteiger partial charge in [0.1, 0.15) is 12.4 Å². The Morgan fingerprint density at radius 3 is 2.59 bits per heavy atom. The van der Waals surface area contributed by atoms with Crippen molar-refractivity contribution in [3.05, 3.63) is 98.0 Å². The molecule has 0 radical (unpaired) electrons. The second kappa shape index (κ2) is 10.6. The third kappa shape index (κ3) is 5.25. The SMILES string of the molecule is O=C(O)COc1ccc(Cl)cc1C1c2ccccc2CCN1C(=O)OCc1cccc(Cl)c1Cl. The van der Waals surface area contributed by atoms with Crippen molar-refractivity contribution in [3.8, 4) is 5.75 Å². The summed E-state index contributed by atoms with van der Waals surface area (Å²) in [7, 11) is 0. The van der Waals surface area contributed by atoms with Crippen molar-refractivity contribution in [2.75, 3.05) is 13.2 Å². The van der Waals surface area contributed by atoms with Crippen molar-refractivity contribution in [2.45, 2.75) is 19.1 Å². The fourth-order valence-corrected chi connectivity index (χ4v) is 4.54. The predicted molar refractivity (Wildman–Crippen MR) is 130 cm³/mol. The molecule has 1 N–H and O–H groups in total. The molecule has 0 saturated heterocycles. The van der Waals surface area contributed by atoms with Crippen molar-refractivity contribution in [1.82, 2.24) is 4.90 Å². The summed E-state index contributed by atoms with van der Waals surface area (Å²) in [5.74, 6) is -0.788. The normalized spacial score (nSPS) is 14.9. The van der Waals surface area contributed by atoms with Crippen LogP contribution >= 0.6 is 34.8 Å². The zero-order valence-electron chi connectivity index (χ0n) is 17.8. The highest BCUT2D eigenvalue weighted by Crippen LogP contribution is 2.41. The number of hydrogen-bond donors (Lipinski definition) is 1. The molecule has 0 aliphatic carbocycles. The van der Waals surface area contributed by atoms with Gasteiger partial charge in [-0.2, -0.15) is 0 Å². The maximum atomic E-state index is 13.3. The molecule has 1 heterocycles. The minimum atomic E-state index is -1.11. The van der Waals surface area contributed by atoms with Gasteiger partial charge in [-0.15, -0.1) is 0 Å². The summed E-state index contributed by atoms with van der Waals surface area (Å²) >= 11 is 18.6. The zero-order valence-corrected chi connectivity index (χ0v) is 20.1. The molecular formula is C25H20Cl3NO5. The molecule has 1 aliphatic rings. The van der Waals surface area contributed by atoms with E-state index in [1.54, 1.807) is 41.3 Å². The lowest BCUT2D eigenvalue weighted by atomic mass is 9.88. The van der Waals surface area contributed by atoms with Gasteiger partial charge in [0, 0.05) is 22.7 Å². The Morgan fingerprint density at radius 2 is 1.79 bits per heavy atom. The number of ether oxygens (including phenoxy) is 2. The molecule has 1 aliphatic heterocycles. The molecule has 1 unspecified atom stereocenters. The Bertz CT molecular complexity index is 1230. The van der Waals surface area contributed by atoms with E-state index in [2.05, 4.69) is 0 Å². The van der Waals surface area contributed by atoms with Crippen LogP contribution in [0.15, 0.2) is 60.7 Å². The smallest absolute Gasteiger partial charge is 0.410 e. The lowest BCUT2D eigenvalue weighted by Gasteiger charge is -2.37. The molecule has 3 aromatic carbocycles. The van der Waals surface area contributed by atoms with Crippen LogP contribution in [-0.4, -0.2) is 35.2 Å². The van der Waals surface area contributed by atoms with Gasteiger partial charge in [0.05, 0.1) is 16.1 Å². The van der Waals surface area contributed by atoms with Gasteiger partial charge in [0.25, 0.3) is 0 Å². The van der Waals surface area contributed by atoms with Crippen molar-refractivity contribution < 1.29 is 24.2 Å². The highest BCUT2D eigenvalue weighted by atomic mass is 35.5. The maximum absolute atomic E-state index is 13.3. The molecule has 1 atom stereocenters. The van der Waals surface area contributed by atoms with Crippen molar-refractivity contribution >= 4 is 46.9 Å². The number of carbonyl (C=O) groups is 2. The molecule has 0 aromatic heterocycles. The Labute approximate surface area is 211 Å². The van der Waals surface area contributed by atoms with Gasteiger partial charge in [-0.05, 0) is 41.8 Å². The van der Waals surface area contributed by atoms with Crippen LogP contribution in [0.5, 0.6) is 5.75 Å². The summed E-state index contributed by atoms with van der Waals surface area (Å²) in [6.45, 7) is -0.198. The predicted octanol–water partition coefficient (Wildman–Crippen LogP) is 6.39. The van der Waals surface area contributed by atoms with Crippen LogP contribution in [0.4, 0.5) is 4.79 Å². The molecule has 4 rings (SSSR count). The van der Waals surface area contributed by atoms with Crippen LogP contribution < -0.4 is 4.74 Å². The minimum absolute atomic E-state index is 0.0546. The molecule has 176 valence electrons. The fraction of sp³-hybridized carbons (Fsp3) is 0.200. The average molecular weight is 521 g/mol. The van der Waals surface area contributed by atoms with Crippen molar-refractivity contribution in [3.63, 3.8) is 0 Å². The van der Waals surface area contributed by atoms with Gasteiger partial charge in [-0.3, -0.25) is 4.90 Å². The summed E-state index contributed by atoms with van der Waals surface area (Å²) in [6, 6.07) is 17.2. The number of halogens is 3. The molecule has 34 heavy (non-hydrogen) atoms. The number of carboxylic acids is 1. The number of nitrogens with zero attached hydrogens (tertiary/aromatic N) is 1. The molecule has 6 nitrogen and oxygen atoms in total. The number of amides is 1. The van der Waals surface area contributed by atoms with Gasteiger partial charge in [-0.25, -0.2) is 9.59 Å². The Kier molecular flexibility index (Phi) is 7.51. The number of fused-ring (bicyclic) bond motifs is 1. The van der Waals surface area contributed by atoms with E-state index >= 15 is 0 Å². The topological polar surface area (TPSA) is 76.1 Å². The van der Waals surface area contributed by atoms with Crippen LogP contribution in [0.1, 0.15) is 28.3 Å². The van der Waals surface area contributed by atoms with Crippen molar-refractivity contribution in [1.29, 1.82) is 0 Å². The third-order valence-corrected chi connectivity index (χ3v) is 6.61. The quantitative estimate of drug-likeness (QED) is 0.407. The summed E-state index contributed by atoms with van der Waals surface area (Å²) in [5.41, 5.74) is 3.11. The molecular weight excluding hydrogens is 501 g/mol. The van der Waals surface area contributed by atoms with E-state index in [4.69, 9.17) is 49.4 Å². The van der Waals surface area contributed by atoms with E-state index < -0.39 is 24.7 Å². The zero-order chi connectivity index (χ0) is 24.2. The van der Waals surface area contributed by atoms with E-state index in [1.807, 2.05) is 24.3 Å². The number of carboxylic acid groups (broad SMARTS) is 1. The van der Waals surface area contributed by atoms with E-state index in [1.165, 1.54) is 0 Å². The van der Waals surface area contributed by atoms with Gasteiger partial charge in [0.15, 0.2) is 6.61 Å². The molecule has 0 fully saturated rings. The number of rotatable bonds is 6. The first-order valence-corrected chi connectivity index (χ1v) is 11.6. The van der Waals surface area contributed by atoms with Crippen LogP contribution in [-0.2, 0) is 22.6 Å². The molecule has 0 spiro atoms. The fourth-order valence-electron chi connectivity index (χ4n) is 3.98. The summed E-state index contributed by atoms with van der Waals surface area (Å²) in [6.07, 6.45) is 0.0747. The number of benzene rings is 3. The lowest BCUT2D eigenvalue weighted by Crippen LogP contribution is -2.41. The van der Waals surface area contributed by atoms with Crippen LogP contribution in [0.3, 0.4) is 0 Å². The molecule has 0 saturated carbocycles. The van der Waals surface area contributed by atoms with E-state index in [0.717, 1.165) is 11.1 Å². The van der Waals surface area contributed by atoms with E-state index in [-0.39, 0.29) is 6.61 Å². The highest BCUT2D eigenvalue weighted by Gasteiger charge is 2.35. The Hall–Kier alpha value is -2.93. The van der Waals surface area contributed by atoms with Crippen LogP contribution in [0.25, 0.3) is 0 Å². The van der Waals surface area contributed by atoms with E-state index in [0.29, 0.717) is 44.9 Å². The second-order valence-corrected chi connectivity index (χ2v) is 8.90.